The molecule has 1 unspecified atom stereocenters. The lowest BCUT2D eigenvalue weighted by Gasteiger charge is -2.49. The molecule has 0 radical (unpaired) electrons. The van der Waals surface area contributed by atoms with Gasteiger partial charge in [0.2, 0.25) is 11.8 Å². The maximum atomic E-state index is 12.9. The number of amides is 2. The van der Waals surface area contributed by atoms with E-state index in [9.17, 15) is 9.59 Å². The highest BCUT2D eigenvalue weighted by atomic mass is 16.2. The molecular formula is C25H32N2O2. The summed E-state index contributed by atoms with van der Waals surface area (Å²) in [5, 5.41) is 3.00. The van der Waals surface area contributed by atoms with Gasteiger partial charge in [0.05, 0.1) is 6.42 Å². The van der Waals surface area contributed by atoms with Crippen LogP contribution in [0.1, 0.15) is 56.4 Å². The number of hydrogen-bond donors (Lipinski definition) is 1. The van der Waals surface area contributed by atoms with Crippen molar-refractivity contribution in [1.82, 2.24) is 10.2 Å². The second-order valence-corrected chi connectivity index (χ2v) is 9.36. The Labute approximate surface area is 174 Å². The highest BCUT2D eigenvalue weighted by molar-refractivity contribution is 5.93. The van der Waals surface area contributed by atoms with Crippen molar-refractivity contribution in [1.29, 1.82) is 0 Å². The van der Waals surface area contributed by atoms with Gasteiger partial charge in [0.25, 0.3) is 0 Å². The number of likely N-dealkylation sites (tertiary alicyclic amines) is 1. The van der Waals surface area contributed by atoms with Gasteiger partial charge in [0.15, 0.2) is 0 Å². The maximum absolute atomic E-state index is 12.9. The third kappa shape index (κ3) is 4.69. The Kier molecular flexibility index (Phi) is 5.83. The summed E-state index contributed by atoms with van der Waals surface area (Å²) in [5.74, 6) is -0.0755. The Hall–Kier alpha value is -2.62. The van der Waals surface area contributed by atoms with Crippen LogP contribution in [-0.2, 0) is 28.0 Å². The summed E-state index contributed by atoms with van der Waals surface area (Å²) < 4.78 is 0. The van der Waals surface area contributed by atoms with Crippen LogP contribution in [0.4, 0.5) is 0 Å². The highest BCUT2D eigenvalue weighted by Gasteiger charge is 2.49. The van der Waals surface area contributed by atoms with Gasteiger partial charge in [-0.1, -0.05) is 74.9 Å². The second-order valence-electron chi connectivity index (χ2n) is 9.36. The summed E-state index contributed by atoms with van der Waals surface area (Å²) in [7, 11) is 0. The first-order valence-corrected chi connectivity index (χ1v) is 10.3. The van der Waals surface area contributed by atoms with Crippen LogP contribution in [-0.4, -0.2) is 28.8 Å². The fourth-order valence-electron chi connectivity index (χ4n) is 3.67. The molecule has 1 heterocycles. The number of benzene rings is 2. The molecule has 1 aliphatic rings. The Morgan fingerprint density at radius 1 is 1.00 bits per heavy atom. The molecule has 3 rings (SSSR count). The van der Waals surface area contributed by atoms with Crippen LogP contribution in [0.15, 0.2) is 48.5 Å². The molecule has 4 nitrogen and oxygen atoms in total. The lowest BCUT2D eigenvalue weighted by atomic mass is 9.84. The summed E-state index contributed by atoms with van der Waals surface area (Å²) in [5.41, 5.74) is 3.82. The molecule has 29 heavy (non-hydrogen) atoms. The van der Waals surface area contributed by atoms with Crippen LogP contribution in [0, 0.1) is 6.92 Å². The molecule has 0 aliphatic carbocycles. The summed E-state index contributed by atoms with van der Waals surface area (Å²) in [6.45, 7) is 11.5. The molecule has 1 fully saturated rings. The van der Waals surface area contributed by atoms with E-state index in [1.54, 1.807) is 4.90 Å². The number of rotatable bonds is 5. The molecule has 4 heteroatoms. The van der Waals surface area contributed by atoms with Crippen molar-refractivity contribution in [2.24, 2.45) is 0 Å². The minimum atomic E-state index is -0.757. The van der Waals surface area contributed by atoms with Crippen LogP contribution >= 0.6 is 0 Å². The van der Waals surface area contributed by atoms with Gasteiger partial charge in [-0.2, -0.15) is 0 Å². The minimum Gasteiger partial charge on any atom is -0.350 e. The molecule has 2 amide bonds. The zero-order valence-electron chi connectivity index (χ0n) is 18.2. The molecule has 1 atom stereocenters. The molecule has 0 saturated carbocycles. The Bertz CT molecular complexity index is 879. The van der Waals surface area contributed by atoms with E-state index in [0.29, 0.717) is 25.9 Å². The lowest BCUT2D eigenvalue weighted by molar-refractivity contribution is -0.157. The van der Waals surface area contributed by atoms with E-state index in [2.05, 4.69) is 38.2 Å². The average molecular weight is 393 g/mol. The van der Waals surface area contributed by atoms with Crippen LogP contribution in [0.3, 0.4) is 0 Å². The molecule has 0 aromatic heterocycles. The molecule has 0 bridgehead atoms. The first-order valence-electron chi connectivity index (χ1n) is 10.3. The average Bonchev–Trinajstić information content (AvgIpc) is 2.65. The van der Waals surface area contributed by atoms with Crippen LogP contribution in [0.2, 0.25) is 0 Å². The van der Waals surface area contributed by atoms with Gasteiger partial charge in [-0.25, -0.2) is 0 Å². The van der Waals surface area contributed by atoms with E-state index >= 15 is 0 Å². The summed E-state index contributed by atoms with van der Waals surface area (Å²) >= 11 is 0. The lowest BCUT2D eigenvalue weighted by Crippen LogP contribution is -2.67. The molecule has 2 aromatic rings. The number of aryl methyl sites for hydroxylation is 1. The number of hydrogen-bond acceptors (Lipinski definition) is 2. The third-order valence-corrected chi connectivity index (χ3v) is 5.96. The van der Waals surface area contributed by atoms with Crippen molar-refractivity contribution in [3.8, 4) is 0 Å². The summed E-state index contributed by atoms with van der Waals surface area (Å²) in [4.78, 5) is 27.4. The molecule has 1 saturated heterocycles. The van der Waals surface area contributed by atoms with Crippen molar-refractivity contribution in [3.05, 3.63) is 70.8 Å². The Morgan fingerprint density at radius 3 is 2.10 bits per heavy atom. The normalized spacial score (nSPS) is 18.9. The van der Waals surface area contributed by atoms with Crippen molar-refractivity contribution in [2.75, 3.05) is 6.54 Å². The fraction of sp³-hybridized carbons (Fsp3) is 0.440. The van der Waals surface area contributed by atoms with E-state index in [0.717, 1.165) is 11.1 Å². The number of carbonyl (C=O) groups excluding carboxylic acids is 2. The SMILES string of the molecule is Cc1ccc(CNC(=O)C2(C)CCN2C(=O)Cc2ccc(C(C)(C)C)cc2)cc1. The zero-order chi connectivity index (χ0) is 21.2. The van der Waals surface area contributed by atoms with Gasteiger partial charge in [0.1, 0.15) is 5.54 Å². The highest BCUT2D eigenvalue weighted by Crippen LogP contribution is 2.31. The van der Waals surface area contributed by atoms with Crippen LogP contribution < -0.4 is 5.32 Å². The first kappa shape index (κ1) is 21.1. The fourth-order valence-corrected chi connectivity index (χ4v) is 3.67. The second kappa shape index (κ2) is 8.02. The largest absolute Gasteiger partial charge is 0.350 e. The van der Waals surface area contributed by atoms with Crippen LogP contribution in [0.5, 0.6) is 0 Å². The molecule has 1 N–H and O–H groups in total. The quantitative estimate of drug-likeness (QED) is 0.831. The molecule has 2 aromatic carbocycles. The first-order chi connectivity index (χ1) is 13.6. The molecular weight excluding hydrogens is 360 g/mol. The minimum absolute atomic E-state index is 0.00717. The van der Waals surface area contributed by atoms with Crippen molar-refractivity contribution < 1.29 is 9.59 Å². The molecule has 0 spiro atoms. The summed E-state index contributed by atoms with van der Waals surface area (Å²) in [6, 6.07) is 16.3. The number of nitrogens with zero attached hydrogens (tertiary/aromatic N) is 1. The number of carbonyl (C=O) groups is 2. The van der Waals surface area contributed by atoms with Gasteiger partial charge in [0, 0.05) is 13.1 Å². The van der Waals surface area contributed by atoms with E-state index < -0.39 is 5.54 Å². The number of nitrogens with one attached hydrogen (secondary N) is 1. The van der Waals surface area contributed by atoms with Crippen molar-refractivity contribution >= 4 is 11.8 Å². The maximum Gasteiger partial charge on any atom is 0.246 e. The monoisotopic (exact) mass is 392 g/mol. The van der Waals surface area contributed by atoms with E-state index in [4.69, 9.17) is 0 Å². The predicted octanol–water partition coefficient (Wildman–Crippen LogP) is 4.14. The topological polar surface area (TPSA) is 49.4 Å². The van der Waals surface area contributed by atoms with Gasteiger partial charge in [-0.05, 0) is 42.4 Å². The van der Waals surface area contributed by atoms with Gasteiger partial charge in [-0.15, -0.1) is 0 Å². The zero-order valence-corrected chi connectivity index (χ0v) is 18.2. The molecule has 154 valence electrons. The third-order valence-electron chi connectivity index (χ3n) is 5.96. The van der Waals surface area contributed by atoms with Crippen molar-refractivity contribution in [2.45, 2.75) is 65.0 Å². The van der Waals surface area contributed by atoms with E-state index in [-0.39, 0.29) is 17.2 Å². The van der Waals surface area contributed by atoms with Crippen LogP contribution in [0.25, 0.3) is 0 Å². The Morgan fingerprint density at radius 2 is 1.59 bits per heavy atom. The predicted molar refractivity (Wildman–Crippen MR) is 117 cm³/mol. The van der Waals surface area contributed by atoms with Gasteiger partial charge < -0.3 is 10.2 Å². The van der Waals surface area contributed by atoms with E-state index in [1.807, 2.05) is 50.2 Å². The van der Waals surface area contributed by atoms with Gasteiger partial charge >= 0.3 is 0 Å². The van der Waals surface area contributed by atoms with Crippen molar-refractivity contribution in [3.63, 3.8) is 0 Å². The smallest absolute Gasteiger partial charge is 0.246 e. The molecule has 1 aliphatic heterocycles. The summed E-state index contributed by atoms with van der Waals surface area (Å²) in [6.07, 6.45) is 1.02. The van der Waals surface area contributed by atoms with Gasteiger partial charge in [-0.3, -0.25) is 9.59 Å². The van der Waals surface area contributed by atoms with E-state index in [1.165, 1.54) is 11.1 Å². The Balaban J connectivity index is 1.59. The standard InChI is InChI=1S/C25H32N2O2/c1-18-6-8-20(9-7-18)17-26-23(29)25(5)14-15-27(25)22(28)16-19-10-12-21(13-11-19)24(2,3)4/h6-13H,14-17H2,1-5H3,(H,26,29).